The number of hydrogen-bond acceptors (Lipinski definition) is 7. The van der Waals surface area contributed by atoms with Gasteiger partial charge in [0.15, 0.2) is 10.9 Å². The minimum absolute atomic E-state index is 0.0518. The number of benzene rings is 1. The highest BCUT2D eigenvalue weighted by Crippen LogP contribution is 2.27. The summed E-state index contributed by atoms with van der Waals surface area (Å²) in [6.45, 7) is -0.549. The molecule has 3 aromatic heterocycles. The van der Waals surface area contributed by atoms with Gasteiger partial charge in [0.05, 0.1) is 28.1 Å². The van der Waals surface area contributed by atoms with Gasteiger partial charge in [-0.05, 0) is 30.3 Å². The number of rotatable bonds is 5. The Morgan fingerprint density at radius 3 is 2.67 bits per heavy atom. The zero-order valence-electron chi connectivity index (χ0n) is 15.2. The Labute approximate surface area is 172 Å². The van der Waals surface area contributed by atoms with E-state index in [9.17, 15) is 18.7 Å². The van der Waals surface area contributed by atoms with Crippen LogP contribution in [0.25, 0.3) is 21.6 Å². The third kappa shape index (κ3) is 4.01. The van der Waals surface area contributed by atoms with E-state index in [1.165, 1.54) is 48.0 Å². The molecule has 1 aromatic carbocycles. The number of anilines is 1. The molecular formula is C20H14F2N4O3S. The van der Waals surface area contributed by atoms with Gasteiger partial charge in [0.2, 0.25) is 0 Å². The van der Waals surface area contributed by atoms with Crippen LogP contribution < -0.4 is 5.32 Å². The van der Waals surface area contributed by atoms with Gasteiger partial charge in [0, 0.05) is 24.0 Å². The molecule has 0 aliphatic heterocycles. The van der Waals surface area contributed by atoms with Crippen molar-refractivity contribution < 1.29 is 23.8 Å². The highest BCUT2D eigenvalue weighted by molar-refractivity contribution is 7.22. The second kappa shape index (κ2) is 8.19. The summed E-state index contributed by atoms with van der Waals surface area (Å²) < 4.78 is 28.3. The van der Waals surface area contributed by atoms with Crippen LogP contribution in [0.1, 0.15) is 22.0 Å². The fraction of sp³-hybridized carbons (Fsp3) is 0.100. The van der Waals surface area contributed by atoms with Crippen LogP contribution in [-0.4, -0.2) is 37.7 Å². The Hall–Kier alpha value is -3.34. The molecule has 3 N–H and O–H groups in total. The summed E-state index contributed by atoms with van der Waals surface area (Å²) in [7, 11) is 0. The van der Waals surface area contributed by atoms with E-state index in [2.05, 4.69) is 20.3 Å². The first-order chi connectivity index (χ1) is 14.4. The number of thiazole rings is 1. The number of carbonyl (C=O) groups is 1. The van der Waals surface area contributed by atoms with Crippen LogP contribution in [0, 0.1) is 11.6 Å². The first-order valence-corrected chi connectivity index (χ1v) is 9.54. The summed E-state index contributed by atoms with van der Waals surface area (Å²) in [5.74, 6) is -1.60. The van der Waals surface area contributed by atoms with Gasteiger partial charge in [0.25, 0.3) is 5.91 Å². The average molecular weight is 428 g/mol. The van der Waals surface area contributed by atoms with Crippen molar-refractivity contribution in [2.45, 2.75) is 6.10 Å². The Balaban J connectivity index is 1.52. The molecular weight excluding hydrogens is 414 g/mol. The van der Waals surface area contributed by atoms with Crippen LogP contribution in [-0.2, 0) is 0 Å². The van der Waals surface area contributed by atoms with Crippen molar-refractivity contribution in [1.82, 2.24) is 15.0 Å². The van der Waals surface area contributed by atoms with Crippen LogP contribution in [0.4, 0.5) is 13.9 Å². The molecule has 10 heteroatoms. The van der Waals surface area contributed by atoms with E-state index >= 15 is 0 Å². The quantitative estimate of drug-likeness (QED) is 0.450. The fourth-order valence-electron chi connectivity index (χ4n) is 2.72. The van der Waals surface area contributed by atoms with E-state index in [1.807, 2.05) is 0 Å². The van der Waals surface area contributed by atoms with Crippen molar-refractivity contribution in [3.8, 4) is 11.4 Å². The van der Waals surface area contributed by atoms with Crippen LogP contribution in [0.2, 0.25) is 0 Å². The van der Waals surface area contributed by atoms with E-state index in [-0.39, 0.29) is 22.5 Å². The maximum Gasteiger partial charge on any atom is 0.259 e. The lowest BCUT2D eigenvalue weighted by Gasteiger charge is -2.09. The first-order valence-electron chi connectivity index (χ1n) is 8.73. The van der Waals surface area contributed by atoms with Gasteiger partial charge in [0.1, 0.15) is 17.6 Å². The monoisotopic (exact) mass is 428 g/mol. The number of halogens is 2. The van der Waals surface area contributed by atoms with Crippen LogP contribution in [0.15, 0.2) is 48.8 Å². The Bertz CT molecular complexity index is 1230. The minimum atomic E-state index is -1.22. The van der Waals surface area contributed by atoms with E-state index in [0.29, 0.717) is 10.6 Å². The molecule has 0 aliphatic carbocycles. The molecule has 0 saturated heterocycles. The van der Waals surface area contributed by atoms with E-state index < -0.39 is 30.3 Å². The van der Waals surface area contributed by atoms with Crippen molar-refractivity contribution >= 4 is 32.6 Å². The number of pyridine rings is 2. The molecule has 4 rings (SSSR count). The van der Waals surface area contributed by atoms with E-state index in [1.54, 1.807) is 6.07 Å². The molecule has 4 aromatic rings. The summed E-state index contributed by atoms with van der Waals surface area (Å²) in [6, 6.07) is 8.16. The number of aliphatic hydroxyl groups is 2. The SMILES string of the molecule is O=C(Nc1nc2cc(F)ccc2s1)c1ccc(-c2ncc([C@H](O)CO)cc2F)nc1. The van der Waals surface area contributed by atoms with Gasteiger partial charge >= 0.3 is 0 Å². The zero-order chi connectivity index (χ0) is 21.3. The van der Waals surface area contributed by atoms with Gasteiger partial charge in [-0.2, -0.15) is 0 Å². The maximum atomic E-state index is 14.3. The number of hydrogen-bond donors (Lipinski definition) is 3. The van der Waals surface area contributed by atoms with E-state index in [0.717, 1.165) is 10.8 Å². The number of carbonyl (C=O) groups excluding carboxylic acids is 1. The zero-order valence-corrected chi connectivity index (χ0v) is 16.0. The van der Waals surface area contributed by atoms with Crippen LogP contribution in [0.3, 0.4) is 0 Å². The molecule has 3 heterocycles. The van der Waals surface area contributed by atoms with E-state index in [4.69, 9.17) is 5.11 Å². The normalized spacial score (nSPS) is 12.1. The summed E-state index contributed by atoms with van der Waals surface area (Å²) in [5, 5.41) is 21.4. The number of aromatic nitrogens is 3. The van der Waals surface area contributed by atoms with Gasteiger partial charge in [-0.15, -0.1) is 0 Å². The molecule has 0 bridgehead atoms. The van der Waals surface area contributed by atoms with Crippen molar-refractivity contribution in [1.29, 1.82) is 0 Å². The molecule has 0 saturated carbocycles. The molecule has 30 heavy (non-hydrogen) atoms. The molecule has 1 atom stereocenters. The van der Waals surface area contributed by atoms with Gasteiger partial charge in [-0.25, -0.2) is 13.8 Å². The number of nitrogens with zero attached hydrogens (tertiary/aromatic N) is 3. The topological polar surface area (TPSA) is 108 Å². The summed E-state index contributed by atoms with van der Waals surface area (Å²) >= 11 is 1.21. The number of amides is 1. The smallest absolute Gasteiger partial charge is 0.259 e. The maximum absolute atomic E-state index is 14.3. The third-order valence-electron chi connectivity index (χ3n) is 4.26. The average Bonchev–Trinajstić information content (AvgIpc) is 3.14. The lowest BCUT2D eigenvalue weighted by atomic mass is 10.1. The van der Waals surface area contributed by atoms with Gasteiger partial charge < -0.3 is 10.2 Å². The highest BCUT2D eigenvalue weighted by Gasteiger charge is 2.15. The molecule has 0 radical (unpaired) electrons. The minimum Gasteiger partial charge on any atom is -0.393 e. The molecule has 152 valence electrons. The lowest BCUT2D eigenvalue weighted by molar-refractivity contribution is 0.0951. The molecule has 1 amide bonds. The van der Waals surface area contributed by atoms with Gasteiger partial charge in [-0.1, -0.05) is 11.3 Å². The predicted molar refractivity (Wildman–Crippen MR) is 107 cm³/mol. The Morgan fingerprint density at radius 1 is 1.13 bits per heavy atom. The fourth-order valence-corrected chi connectivity index (χ4v) is 3.56. The van der Waals surface area contributed by atoms with Crippen molar-refractivity contribution in [3.63, 3.8) is 0 Å². The second-order valence-electron chi connectivity index (χ2n) is 6.31. The third-order valence-corrected chi connectivity index (χ3v) is 5.21. The highest BCUT2D eigenvalue weighted by atomic mass is 32.1. The van der Waals surface area contributed by atoms with Crippen LogP contribution >= 0.6 is 11.3 Å². The predicted octanol–water partition coefficient (Wildman–Crippen LogP) is 3.31. The number of nitrogens with one attached hydrogen (secondary N) is 1. The second-order valence-corrected chi connectivity index (χ2v) is 7.35. The summed E-state index contributed by atoms with van der Waals surface area (Å²) in [6.07, 6.45) is 1.30. The Morgan fingerprint density at radius 2 is 1.97 bits per heavy atom. The first kappa shape index (κ1) is 20.0. The summed E-state index contributed by atoms with van der Waals surface area (Å²) in [4.78, 5) is 24.6. The molecule has 7 nitrogen and oxygen atoms in total. The van der Waals surface area contributed by atoms with Crippen molar-refractivity contribution in [2.24, 2.45) is 0 Å². The number of aliphatic hydroxyl groups excluding tert-OH is 2. The molecule has 0 unspecified atom stereocenters. The summed E-state index contributed by atoms with van der Waals surface area (Å²) in [5.41, 5.74) is 0.955. The van der Waals surface area contributed by atoms with Crippen LogP contribution in [0.5, 0.6) is 0 Å². The molecule has 0 aliphatic rings. The Kier molecular flexibility index (Phi) is 5.44. The standard InChI is InChI=1S/C20H14F2N4O3S/c21-12-2-4-17-15(6-12)25-20(30-17)26-19(29)10-1-3-14(23-7-10)18-13(22)5-11(8-24-18)16(28)9-27/h1-8,16,27-28H,9H2,(H,25,26,29)/t16-/m1/s1. The van der Waals surface area contributed by atoms with Crippen molar-refractivity contribution in [2.75, 3.05) is 11.9 Å². The molecule has 0 fully saturated rings. The van der Waals surface area contributed by atoms with Gasteiger partial charge in [-0.3, -0.25) is 20.1 Å². The lowest BCUT2D eigenvalue weighted by Crippen LogP contribution is -2.12. The number of fused-ring (bicyclic) bond motifs is 1. The largest absolute Gasteiger partial charge is 0.393 e. The molecule has 0 spiro atoms. The van der Waals surface area contributed by atoms with Crippen molar-refractivity contribution in [3.05, 3.63) is 71.6 Å².